The van der Waals surface area contributed by atoms with Crippen LogP contribution in [0.5, 0.6) is 0 Å². The Hall–Kier alpha value is -0.830. The van der Waals surface area contributed by atoms with E-state index in [0.29, 0.717) is 11.3 Å². The molecule has 3 heteroatoms. The predicted molar refractivity (Wildman–Crippen MR) is 78.3 cm³/mol. The Bertz CT molecular complexity index is 384. The van der Waals surface area contributed by atoms with Crippen LogP contribution in [0, 0.1) is 11.3 Å². The van der Waals surface area contributed by atoms with E-state index >= 15 is 0 Å². The predicted octanol–water partition coefficient (Wildman–Crippen LogP) is 3.76. The van der Waals surface area contributed by atoms with Gasteiger partial charge in [0, 0.05) is 18.9 Å². The molecule has 0 bridgehead atoms. The van der Waals surface area contributed by atoms with E-state index in [9.17, 15) is 0 Å². The van der Waals surface area contributed by atoms with Gasteiger partial charge in [0.1, 0.15) is 5.76 Å². The number of nitrogens with one attached hydrogen (secondary N) is 1. The van der Waals surface area contributed by atoms with Crippen LogP contribution < -0.4 is 5.32 Å². The highest BCUT2D eigenvalue weighted by Crippen LogP contribution is 2.43. The maximum atomic E-state index is 5.89. The van der Waals surface area contributed by atoms with Gasteiger partial charge in [-0.1, -0.05) is 20.8 Å². The summed E-state index contributed by atoms with van der Waals surface area (Å²) in [5.41, 5.74) is 0.449. The molecule has 1 aromatic rings. The Morgan fingerprint density at radius 2 is 1.95 bits per heavy atom. The molecule has 1 N–H and O–H groups in total. The van der Waals surface area contributed by atoms with Gasteiger partial charge in [-0.2, -0.15) is 0 Å². The number of hydrogen-bond acceptors (Lipinski definition) is 3. The number of nitrogens with zero attached hydrogens (tertiary/aromatic N) is 1. The molecular formula is C16H28N2O. The monoisotopic (exact) mass is 264 g/mol. The van der Waals surface area contributed by atoms with E-state index in [0.717, 1.165) is 30.5 Å². The summed E-state index contributed by atoms with van der Waals surface area (Å²) >= 11 is 0. The second-order valence-electron chi connectivity index (χ2n) is 6.92. The minimum absolute atomic E-state index is 0.449. The first kappa shape index (κ1) is 14.6. The normalized spacial score (nSPS) is 24.6. The topological polar surface area (TPSA) is 38.1 Å². The number of rotatable bonds is 4. The van der Waals surface area contributed by atoms with Gasteiger partial charge in [-0.15, -0.1) is 0 Å². The average molecular weight is 264 g/mol. The van der Waals surface area contributed by atoms with E-state index in [1.54, 1.807) is 0 Å². The van der Waals surface area contributed by atoms with Gasteiger partial charge in [0.05, 0.1) is 6.20 Å². The smallest absolute Gasteiger partial charge is 0.195 e. The Kier molecular flexibility index (Phi) is 4.67. The van der Waals surface area contributed by atoms with E-state index in [-0.39, 0.29) is 0 Å². The molecule has 1 fully saturated rings. The number of oxazole rings is 1. The Morgan fingerprint density at radius 1 is 1.26 bits per heavy atom. The fraction of sp³-hybridized carbons (Fsp3) is 0.812. The molecule has 19 heavy (non-hydrogen) atoms. The number of likely N-dealkylation sites (N-methyl/N-ethyl adjacent to an activating group) is 1. The summed E-state index contributed by atoms with van der Waals surface area (Å²) in [6.07, 6.45) is 7.98. The highest BCUT2D eigenvalue weighted by Gasteiger charge is 2.31. The van der Waals surface area contributed by atoms with Crippen LogP contribution in [0.15, 0.2) is 10.6 Å². The molecule has 3 nitrogen and oxygen atoms in total. The Morgan fingerprint density at radius 3 is 2.53 bits per heavy atom. The molecule has 0 amide bonds. The van der Waals surface area contributed by atoms with Crippen molar-refractivity contribution in [3.05, 3.63) is 17.8 Å². The number of aromatic nitrogens is 1. The lowest BCUT2D eigenvalue weighted by Gasteiger charge is -2.36. The summed E-state index contributed by atoms with van der Waals surface area (Å²) in [5.74, 6) is 3.44. The Labute approximate surface area is 117 Å². The molecule has 0 spiro atoms. The van der Waals surface area contributed by atoms with Gasteiger partial charge >= 0.3 is 0 Å². The van der Waals surface area contributed by atoms with Gasteiger partial charge in [0.2, 0.25) is 0 Å². The number of hydrogen-bond donors (Lipinski definition) is 1. The Balaban J connectivity index is 1.89. The highest BCUT2D eigenvalue weighted by atomic mass is 16.4. The van der Waals surface area contributed by atoms with Gasteiger partial charge in [-0.3, -0.25) is 0 Å². The van der Waals surface area contributed by atoms with E-state index in [4.69, 9.17) is 4.42 Å². The van der Waals surface area contributed by atoms with Crippen LogP contribution >= 0.6 is 0 Å². The highest BCUT2D eigenvalue weighted by molar-refractivity contribution is 5.04. The van der Waals surface area contributed by atoms with E-state index in [1.807, 2.05) is 13.2 Å². The maximum Gasteiger partial charge on any atom is 0.195 e. The van der Waals surface area contributed by atoms with Crippen molar-refractivity contribution in [2.45, 2.75) is 58.8 Å². The van der Waals surface area contributed by atoms with Crippen LogP contribution in [0.3, 0.4) is 0 Å². The van der Waals surface area contributed by atoms with Crippen LogP contribution in [-0.2, 0) is 6.42 Å². The quantitative estimate of drug-likeness (QED) is 0.900. The van der Waals surface area contributed by atoms with Crippen molar-refractivity contribution in [2.75, 3.05) is 13.6 Å². The zero-order valence-electron chi connectivity index (χ0n) is 12.8. The van der Waals surface area contributed by atoms with Crippen LogP contribution in [0.1, 0.15) is 64.0 Å². The van der Waals surface area contributed by atoms with Crippen molar-refractivity contribution in [1.29, 1.82) is 0 Å². The summed E-state index contributed by atoms with van der Waals surface area (Å²) in [6, 6.07) is 0. The molecule has 0 aromatic carbocycles. The van der Waals surface area contributed by atoms with Gasteiger partial charge < -0.3 is 9.73 Å². The molecule has 1 aliphatic carbocycles. The summed E-state index contributed by atoms with van der Waals surface area (Å²) in [7, 11) is 1.96. The molecule has 1 aromatic heterocycles. The fourth-order valence-corrected chi connectivity index (χ4v) is 3.10. The third-order valence-electron chi connectivity index (χ3n) is 4.51. The van der Waals surface area contributed by atoms with Gasteiger partial charge in [0.15, 0.2) is 5.89 Å². The van der Waals surface area contributed by atoms with Crippen molar-refractivity contribution >= 4 is 0 Å². The lowest BCUT2D eigenvalue weighted by molar-refractivity contribution is 0.163. The first-order chi connectivity index (χ1) is 9.00. The molecule has 0 aliphatic heterocycles. The second kappa shape index (κ2) is 6.08. The van der Waals surface area contributed by atoms with Gasteiger partial charge in [0.25, 0.3) is 0 Å². The molecule has 1 heterocycles. The minimum atomic E-state index is 0.449. The van der Waals surface area contributed by atoms with Crippen LogP contribution in [-0.4, -0.2) is 18.6 Å². The average Bonchev–Trinajstić information content (AvgIpc) is 2.84. The van der Waals surface area contributed by atoms with E-state index in [1.165, 1.54) is 25.7 Å². The SMILES string of the molecule is CNCCc1ncc(C2CCC(C(C)(C)C)CC2)o1. The lowest BCUT2D eigenvalue weighted by atomic mass is 9.69. The second-order valence-corrected chi connectivity index (χ2v) is 6.92. The summed E-state index contributed by atoms with van der Waals surface area (Å²) in [6.45, 7) is 8.02. The summed E-state index contributed by atoms with van der Waals surface area (Å²) < 4.78 is 5.89. The van der Waals surface area contributed by atoms with Crippen molar-refractivity contribution < 1.29 is 4.42 Å². The van der Waals surface area contributed by atoms with E-state index < -0.39 is 0 Å². The molecular weight excluding hydrogens is 236 g/mol. The standard InChI is InChI=1S/C16H28N2O/c1-16(2,3)13-7-5-12(6-8-13)14-11-18-15(19-14)9-10-17-4/h11-13,17H,5-10H2,1-4H3. The van der Waals surface area contributed by atoms with Crippen molar-refractivity contribution in [1.82, 2.24) is 10.3 Å². The van der Waals surface area contributed by atoms with Crippen LogP contribution in [0.2, 0.25) is 0 Å². The van der Waals surface area contributed by atoms with Crippen LogP contribution in [0.4, 0.5) is 0 Å². The maximum absolute atomic E-state index is 5.89. The molecule has 0 radical (unpaired) electrons. The largest absolute Gasteiger partial charge is 0.445 e. The molecule has 108 valence electrons. The lowest BCUT2D eigenvalue weighted by Crippen LogP contribution is -2.25. The third kappa shape index (κ3) is 3.82. The first-order valence-electron chi connectivity index (χ1n) is 7.60. The van der Waals surface area contributed by atoms with Crippen molar-refractivity contribution in [2.24, 2.45) is 11.3 Å². The summed E-state index contributed by atoms with van der Waals surface area (Å²) in [4.78, 5) is 4.39. The minimum Gasteiger partial charge on any atom is -0.445 e. The van der Waals surface area contributed by atoms with Gasteiger partial charge in [-0.05, 0) is 44.1 Å². The van der Waals surface area contributed by atoms with Crippen LogP contribution in [0.25, 0.3) is 0 Å². The van der Waals surface area contributed by atoms with Crippen molar-refractivity contribution in [3.8, 4) is 0 Å². The molecule has 1 aliphatic rings. The van der Waals surface area contributed by atoms with Crippen molar-refractivity contribution in [3.63, 3.8) is 0 Å². The molecule has 0 atom stereocenters. The molecule has 1 saturated carbocycles. The molecule has 0 saturated heterocycles. The first-order valence-corrected chi connectivity index (χ1v) is 7.60. The third-order valence-corrected chi connectivity index (χ3v) is 4.51. The van der Waals surface area contributed by atoms with Gasteiger partial charge in [-0.25, -0.2) is 4.98 Å². The fourth-order valence-electron chi connectivity index (χ4n) is 3.10. The molecule has 2 rings (SSSR count). The molecule has 0 unspecified atom stereocenters. The van der Waals surface area contributed by atoms with E-state index in [2.05, 4.69) is 31.1 Å². The zero-order valence-corrected chi connectivity index (χ0v) is 12.8. The zero-order chi connectivity index (χ0) is 13.9. The summed E-state index contributed by atoms with van der Waals surface area (Å²) in [5, 5.41) is 3.13.